The third-order valence-electron chi connectivity index (χ3n) is 6.25. The van der Waals surface area contributed by atoms with Gasteiger partial charge in [0.25, 0.3) is 0 Å². The zero-order valence-corrected chi connectivity index (χ0v) is 21.5. The average Bonchev–Trinajstić information content (AvgIpc) is 2.90. The third-order valence-corrected chi connectivity index (χ3v) is 7.43. The van der Waals surface area contributed by atoms with Crippen molar-refractivity contribution in [2.24, 2.45) is 0 Å². The second kappa shape index (κ2) is 12.0. The number of rotatable bonds is 9. The van der Waals surface area contributed by atoms with E-state index in [1.165, 1.54) is 0 Å². The maximum atomic E-state index is 13.1. The van der Waals surface area contributed by atoms with Crippen molar-refractivity contribution in [1.82, 2.24) is 9.80 Å². The molecule has 1 aliphatic heterocycles. The van der Waals surface area contributed by atoms with E-state index in [1.54, 1.807) is 26.0 Å². The van der Waals surface area contributed by atoms with Crippen LogP contribution in [-0.4, -0.2) is 69.7 Å². The van der Waals surface area contributed by atoms with Crippen LogP contribution in [0.4, 0.5) is 5.69 Å². The summed E-state index contributed by atoms with van der Waals surface area (Å²) in [5.74, 6) is 1.87. The molecular weight excluding hydrogens is 458 g/mol. The highest BCUT2D eigenvalue weighted by molar-refractivity contribution is 7.99. The number of para-hydroxylation sites is 3. The Hall–Kier alpha value is -3.16. The van der Waals surface area contributed by atoms with Crippen LogP contribution < -0.4 is 14.4 Å². The molecule has 0 bridgehead atoms. The fraction of sp³-hybridized carbons (Fsp3) is 0.321. The zero-order chi connectivity index (χ0) is 24.6. The van der Waals surface area contributed by atoms with Gasteiger partial charge in [0.05, 0.1) is 31.3 Å². The minimum atomic E-state index is 0.132. The highest BCUT2D eigenvalue weighted by Crippen LogP contribution is 2.36. The van der Waals surface area contributed by atoms with Crippen molar-refractivity contribution in [2.75, 3.05) is 58.9 Å². The van der Waals surface area contributed by atoms with Crippen molar-refractivity contribution in [2.45, 2.75) is 16.3 Å². The lowest BCUT2D eigenvalue weighted by Crippen LogP contribution is -2.49. The van der Waals surface area contributed by atoms with Crippen LogP contribution in [0.3, 0.4) is 0 Å². The Morgan fingerprint density at radius 3 is 2.14 bits per heavy atom. The Morgan fingerprint density at radius 1 is 0.829 bits per heavy atom. The van der Waals surface area contributed by atoms with Crippen molar-refractivity contribution in [3.05, 3.63) is 78.4 Å². The van der Waals surface area contributed by atoms with Gasteiger partial charge in [-0.2, -0.15) is 0 Å². The zero-order valence-electron chi connectivity index (χ0n) is 20.6. The summed E-state index contributed by atoms with van der Waals surface area (Å²) in [6.07, 6.45) is 0. The first kappa shape index (κ1) is 24.9. The second-order valence-electron chi connectivity index (χ2n) is 8.55. The summed E-state index contributed by atoms with van der Waals surface area (Å²) < 4.78 is 11.0. The number of carbonyl (C=O) groups excluding carboxylic acids is 1. The molecule has 1 aliphatic rings. The first-order chi connectivity index (χ1) is 17.1. The van der Waals surface area contributed by atoms with Gasteiger partial charge in [0.2, 0.25) is 5.91 Å². The molecule has 4 rings (SSSR count). The number of hydrogen-bond donors (Lipinski definition) is 0. The Balaban J connectivity index is 1.33. The number of anilines is 1. The smallest absolute Gasteiger partial charge is 0.236 e. The van der Waals surface area contributed by atoms with E-state index in [0.29, 0.717) is 13.1 Å². The molecule has 35 heavy (non-hydrogen) atoms. The molecule has 0 N–H and O–H groups in total. The van der Waals surface area contributed by atoms with Gasteiger partial charge in [-0.15, -0.1) is 0 Å². The van der Waals surface area contributed by atoms with Gasteiger partial charge in [0.1, 0.15) is 11.5 Å². The van der Waals surface area contributed by atoms with Gasteiger partial charge in [-0.1, -0.05) is 54.2 Å². The Labute approximate surface area is 212 Å². The molecule has 0 unspecified atom stereocenters. The summed E-state index contributed by atoms with van der Waals surface area (Å²) >= 11 is 1.67. The highest BCUT2D eigenvalue weighted by Gasteiger charge is 2.22. The van der Waals surface area contributed by atoms with Crippen LogP contribution in [-0.2, 0) is 11.3 Å². The molecule has 3 aromatic rings. The predicted octanol–water partition coefficient (Wildman–Crippen LogP) is 4.64. The summed E-state index contributed by atoms with van der Waals surface area (Å²) in [5.41, 5.74) is 2.24. The molecule has 0 spiro atoms. The van der Waals surface area contributed by atoms with Crippen LogP contribution in [0.25, 0.3) is 0 Å². The number of piperazine rings is 1. The fourth-order valence-corrected chi connectivity index (χ4v) is 5.30. The van der Waals surface area contributed by atoms with E-state index in [0.717, 1.165) is 58.7 Å². The van der Waals surface area contributed by atoms with Crippen LogP contribution in [0, 0.1) is 0 Å². The number of nitrogens with zero attached hydrogens (tertiary/aromatic N) is 3. The van der Waals surface area contributed by atoms with Crippen LogP contribution in [0.15, 0.2) is 82.6 Å². The number of carbonyl (C=O) groups is 1. The lowest BCUT2D eigenvalue weighted by molar-refractivity contribution is -0.131. The van der Waals surface area contributed by atoms with Gasteiger partial charge in [-0.05, 0) is 35.9 Å². The number of methoxy groups -OCH3 is 2. The van der Waals surface area contributed by atoms with Gasteiger partial charge < -0.3 is 19.3 Å². The van der Waals surface area contributed by atoms with E-state index < -0.39 is 0 Å². The van der Waals surface area contributed by atoms with Crippen LogP contribution in [0.2, 0.25) is 0 Å². The van der Waals surface area contributed by atoms with Gasteiger partial charge in [0.15, 0.2) is 0 Å². The van der Waals surface area contributed by atoms with E-state index in [-0.39, 0.29) is 5.91 Å². The molecule has 0 atom stereocenters. The van der Waals surface area contributed by atoms with E-state index in [1.807, 2.05) is 60.5 Å². The molecule has 1 amide bonds. The molecule has 1 fully saturated rings. The number of amides is 1. The molecular formula is C28H33N3O3S. The third kappa shape index (κ3) is 6.29. The molecule has 3 aromatic carbocycles. The van der Waals surface area contributed by atoms with Crippen molar-refractivity contribution in [3.63, 3.8) is 0 Å². The Bertz CT molecular complexity index is 1130. The molecule has 1 saturated heterocycles. The Morgan fingerprint density at radius 2 is 1.43 bits per heavy atom. The molecule has 7 heteroatoms. The Kier molecular flexibility index (Phi) is 8.55. The van der Waals surface area contributed by atoms with E-state index >= 15 is 0 Å². The first-order valence-corrected chi connectivity index (χ1v) is 12.6. The summed E-state index contributed by atoms with van der Waals surface area (Å²) in [6, 6.07) is 24.4. The van der Waals surface area contributed by atoms with Crippen molar-refractivity contribution < 1.29 is 14.3 Å². The molecule has 184 valence electrons. The van der Waals surface area contributed by atoms with E-state index in [2.05, 4.69) is 34.1 Å². The van der Waals surface area contributed by atoms with Crippen LogP contribution in [0.5, 0.6) is 11.5 Å². The molecule has 0 radical (unpaired) electrons. The van der Waals surface area contributed by atoms with Gasteiger partial charge in [-0.25, -0.2) is 0 Å². The van der Waals surface area contributed by atoms with Gasteiger partial charge >= 0.3 is 0 Å². The summed E-state index contributed by atoms with van der Waals surface area (Å²) in [7, 11) is 5.28. The summed E-state index contributed by atoms with van der Waals surface area (Å²) in [6.45, 7) is 4.43. The molecule has 0 aliphatic carbocycles. The summed E-state index contributed by atoms with van der Waals surface area (Å²) in [5, 5.41) is 0. The number of ether oxygens (including phenoxy) is 2. The quantitative estimate of drug-likeness (QED) is 0.435. The summed E-state index contributed by atoms with van der Waals surface area (Å²) in [4.78, 5) is 21.6. The molecule has 0 aromatic heterocycles. The SMILES string of the molecule is COc1ccccc1Sc1ccccc1CN(C)C(=O)CN1CCN(c2ccccc2OC)CC1. The predicted molar refractivity (Wildman–Crippen MR) is 142 cm³/mol. The molecule has 6 nitrogen and oxygen atoms in total. The lowest BCUT2D eigenvalue weighted by Gasteiger charge is -2.36. The average molecular weight is 492 g/mol. The largest absolute Gasteiger partial charge is 0.496 e. The standard InChI is InChI=1S/C28H33N3O3S/c1-29(20-22-10-4-8-14-26(22)35-27-15-9-7-13-25(27)34-3)28(32)21-30-16-18-31(19-17-30)23-11-5-6-12-24(23)33-2/h4-15H,16-21H2,1-3H3. The monoisotopic (exact) mass is 491 g/mol. The molecule has 0 saturated carbocycles. The first-order valence-electron chi connectivity index (χ1n) is 11.8. The number of hydrogen-bond acceptors (Lipinski definition) is 6. The fourth-order valence-electron chi connectivity index (χ4n) is 4.25. The normalized spacial score (nSPS) is 14.0. The minimum absolute atomic E-state index is 0.132. The van der Waals surface area contributed by atoms with Crippen molar-refractivity contribution in [1.29, 1.82) is 0 Å². The topological polar surface area (TPSA) is 45.2 Å². The van der Waals surface area contributed by atoms with Crippen LogP contribution >= 0.6 is 11.8 Å². The van der Waals surface area contributed by atoms with Crippen molar-refractivity contribution in [3.8, 4) is 11.5 Å². The van der Waals surface area contributed by atoms with Crippen LogP contribution in [0.1, 0.15) is 5.56 Å². The minimum Gasteiger partial charge on any atom is -0.496 e. The highest BCUT2D eigenvalue weighted by atomic mass is 32.2. The maximum absolute atomic E-state index is 13.1. The van der Waals surface area contributed by atoms with Gasteiger partial charge in [0, 0.05) is 44.7 Å². The number of benzene rings is 3. The molecule has 1 heterocycles. The van der Waals surface area contributed by atoms with Crippen molar-refractivity contribution >= 4 is 23.4 Å². The van der Waals surface area contributed by atoms with Gasteiger partial charge in [-0.3, -0.25) is 9.69 Å². The lowest BCUT2D eigenvalue weighted by atomic mass is 10.2. The number of likely N-dealkylation sites (N-methyl/N-ethyl adjacent to an activating group) is 1. The van der Waals surface area contributed by atoms with E-state index in [9.17, 15) is 4.79 Å². The maximum Gasteiger partial charge on any atom is 0.236 e. The second-order valence-corrected chi connectivity index (χ2v) is 9.63. The van der Waals surface area contributed by atoms with E-state index in [4.69, 9.17) is 9.47 Å².